The summed E-state index contributed by atoms with van der Waals surface area (Å²) in [6, 6.07) is 6.68. The Morgan fingerprint density at radius 2 is 2.24 bits per heavy atom. The highest BCUT2D eigenvalue weighted by Gasteiger charge is 2.25. The topological polar surface area (TPSA) is 81.4 Å². The van der Waals surface area contributed by atoms with E-state index in [1.54, 1.807) is 18.2 Å². The Labute approximate surface area is 126 Å². The van der Waals surface area contributed by atoms with Gasteiger partial charge in [-0.05, 0) is 43.9 Å². The average molecular weight is 312 g/mol. The Balaban J connectivity index is 2.15. The molecule has 0 amide bonds. The van der Waals surface area contributed by atoms with Gasteiger partial charge in [-0.3, -0.25) is 0 Å². The number of nitrogens with two attached hydrogens (primary N) is 1. The van der Waals surface area contributed by atoms with Crippen LogP contribution in [0.2, 0.25) is 0 Å². The molecule has 0 aliphatic carbocycles. The monoisotopic (exact) mass is 312 g/mol. The molecule has 6 heteroatoms. The molecule has 21 heavy (non-hydrogen) atoms. The Hall–Kier alpha value is -0.950. The number of benzene rings is 1. The van der Waals surface area contributed by atoms with Crippen LogP contribution in [0.15, 0.2) is 29.2 Å². The lowest BCUT2D eigenvalue weighted by Gasteiger charge is -2.27. The van der Waals surface area contributed by atoms with Crippen LogP contribution in [0.25, 0.3) is 0 Å². The molecule has 0 aromatic heterocycles. The molecule has 1 aromatic carbocycles. The van der Waals surface area contributed by atoms with Gasteiger partial charge in [0.15, 0.2) is 0 Å². The highest BCUT2D eigenvalue weighted by atomic mass is 32.2. The molecule has 0 spiro atoms. The van der Waals surface area contributed by atoms with E-state index in [2.05, 4.69) is 4.72 Å². The molecule has 0 saturated carbocycles. The van der Waals surface area contributed by atoms with Crippen molar-refractivity contribution in [2.24, 2.45) is 5.73 Å². The first-order chi connectivity index (χ1) is 9.92. The predicted octanol–water partition coefficient (Wildman–Crippen LogP) is 1.94. The maximum Gasteiger partial charge on any atom is 0.240 e. The molecule has 5 nitrogen and oxygen atoms in total. The van der Waals surface area contributed by atoms with Gasteiger partial charge in [0, 0.05) is 18.7 Å². The Bertz CT molecular complexity index is 574. The van der Waals surface area contributed by atoms with E-state index in [4.69, 9.17) is 10.5 Å². The van der Waals surface area contributed by atoms with Crippen molar-refractivity contribution in [1.29, 1.82) is 0 Å². The normalized spacial score (nSPS) is 24.7. The maximum atomic E-state index is 12.5. The zero-order valence-corrected chi connectivity index (χ0v) is 13.4. The smallest absolute Gasteiger partial charge is 0.240 e. The fraction of sp³-hybridized carbons (Fsp3) is 0.600. The summed E-state index contributed by atoms with van der Waals surface area (Å²) in [4.78, 5) is 0.281. The molecule has 3 unspecified atom stereocenters. The third-order valence-electron chi connectivity index (χ3n) is 3.84. The zero-order chi connectivity index (χ0) is 15.5. The van der Waals surface area contributed by atoms with Crippen molar-refractivity contribution in [3.05, 3.63) is 29.8 Å². The number of sulfonamides is 1. The van der Waals surface area contributed by atoms with Gasteiger partial charge in [0.1, 0.15) is 0 Å². The molecule has 118 valence electrons. The molecular weight excluding hydrogens is 288 g/mol. The summed E-state index contributed by atoms with van der Waals surface area (Å²) in [7, 11) is -3.51. The Morgan fingerprint density at radius 3 is 2.90 bits per heavy atom. The molecule has 1 aromatic rings. The summed E-state index contributed by atoms with van der Waals surface area (Å²) in [6.07, 6.45) is 2.27. The van der Waals surface area contributed by atoms with E-state index < -0.39 is 10.0 Å². The molecule has 1 heterocycles. The molecule has 2 rings (SSSR count). The van der Waals surface area contributed by atoms with Crippen LogP contribution in [0.1, 0.15) is 44.7 Å². The van der Waals surface area contributed by atoms with Crippen molar-refractivity contribution in [2.45, 2.75) is 56.2 Å². The van der Waals surface area contributed by atoms with Crippen molar-refractivity contribution in [3.8, 4) is 0 Å². The van der Waals surface area contributed by atoms with E-state index in [1.165, 1.54) is 0 Å². The second-order valence-electron chi connectivity index (χ2n) is 5.61. The van der Waals surface area contributed by atoms with Crippen LogP contribution in [0.5, 0.6) is 0 Å². The number of nitrogens with one attached hydrogen (secondary N) is 1. The third kappa shape index (κ3) is 4.26. The fourth-order valence-electron chi connectivity index (χ4n) is 2.54. The first kappa shape index (κ1) is 16.4. The van der Waals surface area contributed by atoms with Crippen LogP contribution >= 0.6 is 0 Å². The molecule has 1 aliphatic heterocycles. The van der Waals surface area contributed by atoms with Gasteiger partial charge < -0.3 is 10.5 Å². The van der Waals surface area contributed by atoms with Crippen molar-refractivity contribution < 1.29 is 13.2 Å². The van der Waals surface area contributed by atoms with Gasteiger partial charge in [0.2, 0.25) is 10.0 Å². The van der Waals surface area contributed by atoms with Crippen molar-refractivity contribution in [3.63, 3.8) is 0 Å². The summed E-state index contributed by atoms with van der Waals surface area (Å²) >= 11 is 0. The van der Waals surface area contributed by atoms with E-state index in [9.17, 15) is 8.42 Å². The Morgan fingerprint density at radius 1 is 1.48 bits per heavy atom. The lowest BCUT2D eigenvalue weighted by molar-refractivity contribution is 0.0173. The minimum atomic E-state index is -3.51. The standard InChI is InChI=1S/C15H24N2O3S/c1-3-15(16)12-5-4-6-14(10-12)21(18,19)17-13-7-8-20-11(2)9-13/h4-6,10-11,13,15,17H,3,7-9,16H2,1-2H3. The summed E-state index contributed by atoms with van der Waals surface area (Å²) in [6.45, 7) is 4.53. The van der Waals surface area contributed by atoms with Crippen LogP contribution < -0.4 is 10.5 Å². The van der Waals surface area contributed by atoms with E-state index in [0.29, 0.717) is 19.4 Å². The number of hydrogen-bond donors (Lipinski definition) is 2. The number of rotatable bonds is 5. The van der Waals surface area contributed by atoms with E-state index in [0.717, 1.165) is 12.0 Å². The molecule has 3 N–H and O–H groups in total. The largest absolute Gasteiger partial charge is 0.378 e. The van der Waals surface area contributed by atoms with Crippen LogP contribution in [-0.2, 0) is 14.8 Å². The molecule has 3 atom stereocenters. The quantitative estimate of drug-likeness (QED) is 0.870. The van der Waals surface area contributed by atoms with Crippen molar-refractivity contribution in [2.75, 3.05) is 6.61 Å². The number of hydrogen-bond acceptors (Lipinski definition) is 4. The molecule has 1 aliphatic rings. The summed E-state index contributed by atoms with van der Waals surface area (Å²) in [5.41, 5.74) is 6.83. The van der Waals surface area contributed by atoms with Gasteiger partial charge >= 0.3 is 0 Å². The first-order valence-corrected chi connectivity index (χ1v) is 8.90. The first-order valence-electron chi connectivity index (χ1n) is 7.42. The predicted molar refractivity (Wildman–Crippen MR) is 82.4 cm³/mol. The Kier molecular flexibility index (Phi) is 5.37. The highest BCUT2D eigenvalue weighted by molar-refractivity contribution is 7.89. The molecule has 1 fully saturated rings. The summed E-state index contributed by atoms with van der Waals surface area (Å²) in [5.74, 6) is 0. The third-order valence-corrected chi connectivity index (χ3v) is 5.36. The molecule has 0 radical (unpaired) electrons. The van der Waals surface area contributed by atoms with Crippen molar-refractivity contribution in [1.82, 2.24) is 4.72 Å². The molecule has 1 saturated heterocycles. The van der Waals surface area contributed by atoms with Crippen LogP contribution in [-0.4, -0.2) is 27.2 Å². The summed E-state index contributed by atoms with van der Waals surface area (Å²) in [5, 5.41) is 0. The fourth-order valence-corrected chi connectivity index (χ4v) is 3.88. The molecular formula is C15H24N2O3S. The van der Waals surface area contributed by atoms with Gasteiger partial charge in [-0.2, -0.15) is 0 Å². The minimum Gasteiger partial charge on any atom is -0.378 e. The second kappa shape index (κ2) is 6.87. The second-order valence-corrected chi connectivity index (χ2v) is 7.33. The summed E-state index contributed by atoms with van der Waals surface area (Å²) < 4.78 is 33.2. The van der Waals surface area contributed by atoms with E-state index in [1.807, 2.05) is 19.9 Å². The van der Waals surface area contributed by atoms with E-state index in [-0.39, 0.29) is 23.1 Å². The average Bonchev–Trinajstić information content (AvgIpc) is 2.46. The maximum absolute atomic E-state index is 12.5. The minimum absolute atomic E-state index is 0.0674. The lowest BCUT2D eigenvalue weighted by atomic mass is 10.1. The van der Waals surface area contributed by atoms with Crippen LogP contribution in [0, 0.1) is 0 Å². The van der Waals surface area contributed by atoms with Crippen LogP contribution in [0.4, 0.5) is 0 Å². The SMILES string of the molecule is CCC(N)c1cccc(S(=O)(=O)NC2CCOC(C)C2)c1. The van der Waals surface area contributed by atoms with E-state index >= 15 is 0 Å². The van der Waals surface area contributed by atoms with Crippen LogP contribution in [0.3, 0.4) is 0 Å². The zero-order valence-electron chi connectivity index (χ0n) is 12.6. The van der Waals surface area contributed by atoms with Crippen molar-refractivity contribution >= 4 is 10.0 Å². The van der Waals surface area contributed by atoms with Gasteiger partial charge in [0.25, 0.3) is 0 Å². The number of ether oxygens (including phenoxy) is 1. The van der Waals surface area contributed by atoms with Gasteiger partial charge in [0.05, 0.1) is 11.0 Å². The van der Waals surface area contributed by atoms with Gasteiger partial charge in [-0.1, -0.05) is 19.1 Å². The lowest BCUT2D eigenvalue weighted by Crippen LogP contribution is -2.41. The van der Waals surface area contributed by atoms with Gasteiger partial charge in [-0.15, -0.1) is 0 Å². The highest BCUT2D eigenvalue weighted by Crippen LogP contribution is 2.20. The van der Waals surface area contributed by atoms with Gasteiger partial charge in [-0.25, -0.2) is 13.1 Å². The molecule has 0 bridgehead atoms.